The minimum atomic E-state index is -0.662. The Balaban J connectivity index is 3.06. The van der Waals surface area contributed by atoms with Crippen LogP contribution in [-0.2, 0) is 4.79 Å². The molecule has 0 fully saturated rings. The summed E-state index contributed by atoms with van der Waals surface area (Å²) >= 11 is 0. The fraction of sp³-hybridized carbons (Fsp3) is 0.955. The molecule has 0 aliphatic rings. The minimum Gasteiger partial charge on any atom is -0.481 e. The Labute approximate surface area is 156 Å². The van der Waals surface area contributed by atoms with Gasteiger partial charge in [-0.1, -0.05) is 103 Å². The maximum atomic E-state index is 10.4. The largest absolute Gasteiger partial charge is 0.481 e. The Kier molecular flexibility index (Phi) is 19.3. The Morgan fingerprint density at radius 1 is 0.640 bits per heavy atom. The number of aliphatic hydroxyl groups is 1. The van der Waals surface area contributed by atoms with Gasteiger partial charge in [0.15, 0.2) is 0 Å². The van der Waals surface area contributed by atoms with Crippen molar-refractivity contribution in [1.29, 1.82) is 0 Å². The maximum absolute atomic E-state index is 10.4. The molecule has 0 saturated carbocycles. The smallest absolute Gasteiger partial charge is 0.303 e. The van der Waals surface area contributed by atoms with Crippen molar-refractivity contribution < 1.29 is 15.0 Å². The molecule has 0 radical (unpaired) electrons. The third-order valence-corrected chi connectivity index (χ3v) is 5.07. The van der Waals surface area contributed by atoms with Crippen molar-refractivity contribution in [3.8, 4) is 0 Å². The number of carboxylic acids is 1. The van der Waals surface area contributed by atoms with Gasteiger partial charge < -0.3 is 10.2 Å². The van der Waals surface area contributed by atoms with Gasteiger partial charge in [-0.05, 0) is 19.3 Å². The van der Waals surface area contributed by atoms with Gasteiger partial charge in [-0.2, -0.15) is 0 Å². The van der Waals surface area contributed by atoms with Crippen LogP contribution in [0, 0.1) is 0 Å². The van der Waals surface area contributed by atoms with Crippen molar-refractivity contribution in [3.63, 3.8) is 0 Å². The topological polar surface area (TPSA) is 57.5 Å². The molecular weight excluding hydrogens is 312 g/mol. The van der Waals surface area contributed by atoms with Crippen molar-refractivity contribution >= 4 is 5.97 Å². The van der Waals surface area contributed by atoms with Gasteiger partial charge in [0, 0.05) is 6.42 Å². The third-order valence-electron chi connectivity index (χ3n) is 5.07. The van der Waals surface area contributed by atoms with Gasteiger partial charge in [-0.15, -0.1) is 0 Å². The van der Waals surface area contributed by atoms with E-state index in [1.807, 2.05) is 0 Å². The van der Waals surface area contributed by atoms with Crippen LogP contribution in [0.5, 0.6) is 0 Å². The fourth-order valence-corrected chi connectivity index (χ4v) is 3.36. The molecule has 0 amide bonds. The predicted molar refractivity (Wildman–Crippen MR) is 107 cm³/mol. The van der Waals surface area contributed by atoms with Crippen molar-refractivity contribution in [2.45, 2.75) is 135 Å². The molecule has 0 aromatic rings. The summed E-state index contributed by atoms with van der Waals surface area (Å²) in [5, 5.41) is 18.3. The summed E-state index contributed by atoms with van der Waals surface area (Å²) in [5.41, 5.74) is 0. The molecule has 0 bridgehead atoms. The lowest BCUT2D eigenvalue weighted by molar-refractivity contribution is -0.137. The summed E-state index contributed by atoms with van der Waals surface area (Å²) in [6.07, 6.45) is 22.3. The van der Waals surface area contributed by atoms with Gasteiger partial charge in [0.2, 0.25) is 0 Å². The molecule has 3 nitrogen and oxygen atoms in total. The SMILES string of the molecule is CCCCC(O)CCCCCCCCCCCCCCCCC(=O)O. The number of carboxylic acid groups (broad SMARTS) is 1. The first-order valence-electron chi connectivity index (χ1n) is 11.1. The minimum absolute atomic E-state index is 0.0582. The van der Waals surface area contributed by atoms with E-state index in [-0.39, 0.29) is 6.10 Å². The van der Waals surface area contributed by atoms with E-state index >= 15 is 0 Å². The zero-order valence-electron chi connectivity index (χ0n) is 16.8. The van der Waals surface area contributed by atoms with E-state index in [9.17, 15) is 9.90 Å². The molecule has 3 heteroatoms. The lowest BCUT2D eigenvalue weighted by Gasteiger charge is -2.09. The second kappa shape index (κ2) is 19.8. The lowest BCUT2D eigenvalue weighted by Crippen LogP contribution is -2.05. The van der Waals surface area contributed by atoms with Crippen molar-refractivity contribution in [2.24, 2.45) is 0 Å². The second-order valence-electron chi connectivity index (χ2n) is 7.68. The van der Waals surface area contributed by atoms with E-state index in [0.717, 1.165) is 32.1 Å². The lowest BCUT2D eigenvalue weighted by atomic mass is 10.0. The van der Waals surface area contributed by atoms with Gasteiger partial charge >= 0.3 is 5.97 Å². The highest BCUT2D eigenvalue weighted by molar-refractivity contribution is 5.66. The van der Waals surface area contributed by atoms with Crippen LogP contribution >= 0.6 is 0 Å². The monoisotopic (exact) mass is 356 g/mol. The van der Waals surface area contributed by atoms with Gasteiger partial charge in [0.05, 0.1) is 6.10 Å². The van der Waals surface area contributed by atoms with Crippen LogP contribution in [-0.4, -0.2) is 22.3 Å². The normalized spacial score (nSPS) is 12.4. The molecule has 0 aromatic heterocycles. The van der Waals surface area contributed by atoms with Crippen LogP contribution < -0.4 is 0 Å². The van der Waals surface area contributed by atoms with Crippen LogP contribution in [0.2, 0.25) is 0 Å². The Morgan fingerprint density at radius 2 is 1.00 bits per heavy atom. The Morgan fingerprint density at radius 3 is 1.40 bits per heavy atom. The predicted octanol–water partition coefficient (Wildman–Crippen LogP) is 6.86. The van der Waals surface area contributed by atoms with E-state index in [2.05, 4.69) is 6.92 Å². The molecule has 1 unspecified atom stereocenters. The number of unbranched alkanes of at least 4 members (excludes halogenated alkanes) is 14. The Bertz CT molecular complexity index is 278. The molecule has 2 N–H and O–H groups in total. The summed E-state index contributed by atoms with van der Waals surface area (Å²) in [6, 6.07) is 0. The molecule has 0 heterocycles. The van der Waals surface area contributed by atoms with Crippen LogP contribution in [0.4, 0.5) is 0 Å². The second-order valence-corrected chi connectivity index (χ2v) is 7.68. The summed E-state index contributed by atoms with van der Waals surface area (Å²) < 4.78 is 0. The van der Waals surface area contributed by atoms with Crippen LogP contribution in [0.25, 0.3) is 0 Å². The van der Waals surface area contributed by atoms with Crippen LogP contribution in [0.1, 0.15) is 129 Å². The quantitative estimate of drug-likeness (QED) is 0.234. The number of hydrogen-bond donors (Lipinski definition) is 2. The number of aliphatic hydroxyl groups excluding tert-OH is 1. The van der Waals surface area contributed by atoms with Crippen LogP contribution in [0.3, 0.4) is 0 Å². The molecule has 25 heavy (non-hydrogen) atoms. The number of rotatable bonds is 20. The fourth-order valence-electron chi connectivity index (χ4n) is 3.36. The maximum Gasteiger partial charge on any atom is 0.303 e. The van der Waals surface area contributed by atoms with Crippen molar-refractivity contribution in [3.05, 3.63) is 0 Å². The number of aliphatic carboxylic acids is 1. The Hall–Kier alpha value is -0.570. The van der Waals surface area contributed by atoms with Crippen molar-refractivity contribution in [2.75, 3.05) is 0 Å². The summed E-state index contributed by atoms with van der Waals surface area (Å²) in [6.45, 7) is 2.18. The first-order chi connectivity index (χ1) is 12.2. The molecule has 1 atom stereocenters. The van der Waals surface area contributed by atoms with Gasteiger partial charge in [0.1, 0.15) is 0 Å². The molecular formula is C22H44O3. The average molecular weight is 357 g/mol. The third kappa shape index (κ3) is 21.4. The standard InChI is InChI=1S/C22H44O3/c1-2-3-18-21(23)19-16-14-12-10-8-6-4-5-7-9-11-13-15-17-20-22(24)25/h21,23H,2-20H2,1H3,(H,24,25). The van der Waals surface area contributed by atoms with E-state index in [1.54, 1.807) is 0 Å². The van der Waals surface area contributed by atoms with E-state index in [1.165, 1.54) is 83.5 Å². The van der Waals surface area contributed by atoms with E-state index in [0.29, 0.717) is 6.42 Å². The molecule has 0 aliphatic carbocycles. The zero-order chi connectivity index (χ0) is 18.6. The summed E-state index contributed by atoms with van der Waals surface area (Å²) in [7, 11) is 0. The summed E-state index contributed by atoms with van der Waals surface area (Å²) in [5.74, 6) is -0.662. The van der Waals surface area contributed by atoms with E-state index in [4.69, 9.17) is 5.11 Å². The first kappa shape index (κ1) is 24.4. The highest BCUT2D eigenvalue weighted by Gasteiger charge is 2.02. The first-order valence-corrected chi connectivity index (χ1v) is 11.1. The molecule has 0 aliphatic heterocycles. The molecule has 0 saturated heterocycles. The highest BCUT2D eigenvalue weighted by Crippen LogP contribution is 2.15. The van der Waals surface area contributed by atoms with Gasteiger partial charge in [-0.25, -0.2) is 0 Å². The molecule has 0 aromatic carbocycles. The summed E-state index contributed by atoms with van der Waals surface area (Å²) in [4.78, 5) is 10.4. The van der Waals surface area contributed by atoms with Crippen molar-refractivity contribution in [1.82, 2.24) is 0 Å². The highest BCUT2D eigenvalue weighted by atomic mass is 16.4. The van der Waals surface area contributed by atoms with Crippen LogP contribution in [0.15, 0.2) is 0 Å². The average Bonchev–Trinajstić information content (AvgIpc) is 2.59. The molecule has 150 valence electrons. The van der Waals surface area contributed by atoms with Gasteiger partial charge in [-0.3, -0.25) is 4.79 Å². The molecule has 0 rings (SSSR count). The van der Waals surface area contributed by atoms with E-state index < -0.39 is 5.97 Å². The molecule has 0 spiro atoms. The zero-order valence-corrected chi connectivity index (χ0v) is 16.8. The van der Waals surface area contributed by atoms with Gasteiger partial charge in [0.25, 0.3) is 0 Å². The number of carbonyl (C=O) groups is 1. The number of hydrogen-bond acceptors (Lipinski definition) is 2.